The lowest BCUT2D eigenvalue weighted by molar-refractivity contribution is 0.173. The van der Waals surface area contributed by atoms with Gasteiger partial charge in [-0.15, -0.1) is 16.4 Å². The maximum absolute atomic E-state index is 4.84. The van der Waals surface area contributed by atoms with Crippen LogP contribution in [0.5, 0.6) is 0 Å². The van der Waals surface area contributed by atoms with Gasteiger partial charge < -0.3 is 4.90 Å². The minimum atomic E-state index is 0.350. The third-order valence-corrected chi connectivity index (χ3v) is 7.53. The maximum Gasteiger partial charge on any atom is 0.186 e. The fourth-order valence-electron chi connectivity index (χ4n) is 4.07. The van der Waals surface area contributed by atoms with Crippen molar-refractivity contribution in [2.45, 2.75) is 25.9 Å². The van der Waals surface area contributed by atoms with Gasteiger partial charge in [0, 0.05) is 31.1 Å². The Kier molecular flexibility index (Phi) is 5.30. The van der Waals surface area contributed by atoms with E-state index in [1.807, 2.05) is 6.20 Å². The summed E-state index contributed by atoms with van der Waals surface area (Å²) in [6.07, 6.45) is 3.00. The standard InChI is InChI=1S/C21H24N6S2/c1-2-18(19-14-22-24-27(19)15-16-6-5-13-28-16)25-9-11-26(12-10-25)21-23-17-7-3-4-8-20(17)29-21/h3-8,13-14,18H,2,9-12,15H2,1H3. The summed E-state index contributed by atoms with van der Waals surface area (Å²) >= 11 is 3.56. The van der Waals surface area contributed by atoms with Crippen LogP contribution in [0.1, 0.15) is 30.0 Å². The van der Waals surface area contributed by atoms with Crippen LogP contribution in [-0.4, -0.2) is 51.1 Å². The molecule has 1 aliphatic heterocycles. The number of aromatic nitrogens is 4. The van der Waals surface area contributed by atoms with Crippen LogP contribution in [-0.2, 0) is 6.54 Å². The Hall–Kier alpha value is -2.29. The van der Waals surface area contributed by atoms with Gasteiger partial charge in [0.05, 0.1) is 34.7 Å². The zero-order valence-electron chi connectivity index (χ0n) is 16.4. The molecule has 8 heteroatoms. The fraction of sp³-hybridized carbons (Fsp3) is 0.381. The lowest BCUT2D eigenvalue weighted by Crippen LogP contribution is -2.48. The van der Waals surface area contributed by atoms with Crippen molar-refractivity contribution < 1.29 is 0 Å². The van der Waals surface area contributed by atoms with E-state index in [9.17, 15) is 0 Å². The Bertz CT molecular complexity index is 1030. The number of anilines is 1. The first-order valence-corrected chi connectivity index (χ1v) is 11.8. The molecular weight excluding hydrogens is 400 g/mol. The van der Waals surface area contributed by atoms with E-state index in [0.29, 0.717) is 6.04 Å². The van der Waals surface area contributed by atoms with Gasteiger partial charge in [-0.2, -0.15) is 0 Å². The summed E-state index contributed by atoms with van der Waals surface area (Å²) in [6, 6.07) is 13.0. The van der Waals surface area contributed by atoms with Gasteiger partial charge in [0.25, 0.3) is 0 Å². The molecule has 1 saturated heterocycles. The van der Waals surface area contributed by atoms with Crippen LogP contribution in [0.15, 0.2) is 48.0 Å². The molecule has 1 aromatic carbocycles. The summed E-state index contributed by atoms with van der Waals surface area (Å²) in [4.78, 5) is 11.1. The van der Waals surface area contributed by atoms with Crippen LogP contribution in [0.2, 0.25) is 0 Å². The Morgan fingerprint density at radius 2 is 1.93 bits per heavy atom. The van der Waals surface area contributed by atoms with Crippen molar-refractivity contribution in [2.75, 3.05) is 31.1 Å². The molecule has 1 unspecified atom stereocenters. The van der Waals surface area contributed by atoms with Gasteiger partial charge in [0.15, 0.2) is 5.13 Å². The normalized spacial score (nSPS) is 16.5. The predicted molar refractivity (Wildman–Crippen MR) is 120 cm³/mol. The zero-order chi connectivity index (χ0) is 19.6. The van der Waals surface area contributed by atoms with Crippen molar-refractivity contribution in [2.24, 2.45) is 0 Å². The molecule has 0 saturated carbocycles. The van der Waals surface area contributed by atoms with Gasteiger partial charge >= 0.3 is 0 Å². The minimum absolute atomic E-state index is 0.350. The molecule has 4 heterocycles. The molecule has 0 spiro atoms. The van der Waals surface area contributed by atoms with Crippen molar-refractivity contribution in [1.29, 1.82) is 0 Å². The third-order valence-electron chi connectivity index (χ3n) is 5.57. The Labute approximate surface area is 178 Å². The van der Waals surface area contributed by atoms with E-state index >= 15 is 0 Å². The number of hydrogen-bond donors (Lipinski definition) is 0. The topological polar surface area (TPSA) is 50.1 Å². The second-order valence-electron chi connectivity index (χ2n) is 7.31. The summed E-state index contributed by atoms with van der Waals surface area (Å²) < 4.78 is 3.33. The molecular formula is C21H24N6S2. The van der Waals surface area contributed by atoms with Crippen LogP contribution in [0.4, 0.5) is 5.13 Å². The first-order chi connectivity index (χ1) is 14.3. The molecule has 150 valence electrons. The van der Waals surface area contributed by atoms with Gasteiger partial charge in [0.1, 0.15) is 0 Å². The number of benzene rings is 1. The first-order valence-electron chi connectivity index (χ1n) is 10.1. The van der Waals surface area contributed by atoms with E-state index in [-0.39, 0.29) is 0 Å². The van der Waals surface area contributed by atoms with E-state index in [0.717, 1.165) is 49.8 Å². The van der Waals surface area contributed by atoms with E-state index < -0.39 is 0 Å². The van der Waals surface area contributed by atoms with Crippen LogP contribution in [0.3, 0.4) is 0 Å². The molecule has 4 aromatic rings. The number of thiazole rings is 1. The molecule has 29 heavy (non-hydrogen) atoms. The molecule has 5 rings (SSSR count). The zero-order valence-corrected chi connectivity index (χ0v) is 18.1. The largest absolute Gasteiger partial charge is 0.345 e. The van der Waals surface area contributed by atoms with Crippen LogP contribution >= 0.6 is 22.7 Å². The Morgan fingerprint density at radius 1 is 1.07 bits per heavy atom. The highest BCUT2D eigenvalue weighted by molar-refractivity contribution is 7.22. The molecule has 0 amide bonds. The van der Waals surface area contributed by atoms with Gasteiger partial charge in [-0.3, -0.25) is 4.90 Å². The van der Waals surface area contributed by atoms with Gasteiger partial charge in [-0.1, -0.05) is 41.7 Å². The van der Waals surface area contributed by atoms with E-state index in [2.05, 4.69) is 73.5 Å². The molecule has 6 nitrogen and oxygen atoms in total. The average molecular weight is 425 g/mol. The molecule has 1 atom stereocenters. The second-order valence-corrected chi connectivity index (χ2v) is 9.35. The average Bonchev–Trinajstić information content (AvgIpc) is 3.51. The highest BCUT2D eigenvalue weighted by Gasteiger charge is 2.27. The number of nitrogens with zero attached hydrogens (tertiary/aromatic N) is 6. The maximum atomic E-state index is 4.84. The van der Waals surface area contributed by atoms with Crippen molar-refractivity contribution in [1.82, 2.24) is 24.9 Å². The number of hydrogen-bond acceptors (Lipinski definition) is 7. The quantitative estimate of drug-likeness (QED) is 0.463. The van der Waals surface area contributed by atoms with Crippen LogP contribution < -0.4 is 4.90 Å². The summed E-state index contributed by atoms with van der Waals surface area (Å²) in [7, 11) is 0. The summed E-state index contributed by atoms with van der Waals surface area (Å²) in [5, 5.41) is 11.9. The fourth-order valence-corrected chi connectivity index (χ4v) is 5.77. The summed E-state index contributed by atoms with van der Waals surface area (Å²) in [6.45, 7) is 7.12. The van der Waals surface area contributed by atoms with E-state index in [1.165, 1.54) is 15.3 Å². The van der Waals surface area contributed by atoms with Crippen LogP contribution in [0, 0.1) is 0 Å². The molecule has 0 N–H and O–H groups in total. The smallest absolute Gasteiger partial charge is 0.186 e. The van der Waals surface area contributed by atoms with Gasteiger partial charge in [0.2, 0.25) is 0 Å². The Balaban J connectivity index is 1.29. The number of piperazine rings is 1. The second kappa shape index (κ2) is 8.22. The van der Waals surface area contributed by atoms with E-state index in [1.54, 1.807) is 22.7 Å². The molecule has 0 radical (unpaired) electrons. The van der Waals surface area contributed by atoms with Crippen LogP contribution in [0.25, 0.3) is 10.2 Å². The van der Waals surface area contributed by atoms with Crippen molar-refractivity contribution in [3.05, 3.63) is 58.5 Å². The van der Waals surface area contributed by atoms with Crippen molar-refractivity contribution in [3.63, 3.8) is 0 Å². The minimum Gasteiger partial charge on any atom is -0.345 e. The van der Waals surface area contributed by atoms with Gasteiger partial charge in [-0.25, -0.2) is 9.67 Å². The monoisotopic (exact) mass is 424 g/mol. The van der Waals surface area contributed by atoms with Crippen molar-refractivity contribution >= 4 is 38.0 Å². The first kappa shape index (κ1) is 18.7. The Morgan fingerprint density at radius 3 is 2.69 bits per heavy atom. The van der Waals surface area contributed by atoms with E-state index in [4.69, 9.17) is 4.98 Å². The van der Waals surface area contributed by atoms with Crippen molar-refractivity contribution in [3.8, 4) is 0 Å². The number of thiophene rings is 1. The summed E-state index contributed by atoms with van der Waals surface area (Å²) in [5.41, 5.74) is 2.32. The highest BCUT2D eigenvalue weighted by atomic mass is 32.1. The SMILES string of the molecule is CCC(c1cnnn1Cc1cccs1)N1CCN(c2nc3ccccc3s2)CC1. The third kappa shape index (κ3) is 3.80. The molecule has 0 bridgehead atoms. The molecule has 1 aliphatic rings. The molecule has 3 aromatic heterocycles. The number of para-hydroxylation sites is 1. The molecule has 1 fully saturated rings. The molecule has 0 aliphatic carbocycles. The van der Waals surface area contributed by atoms with Gasteiger partial charge in [-0.05, 0) is 30.0 Å². The predicted octanol–water partition coefficient (Wildman–Crippen LogP) is 4.27. The highest BCUT2D eigenvalue weighted by Crippen LogP contribution is 2.31. The summed E-state index contributed by atoms with van der Waals surface area (Å²) in [5.74, 6) is 0. The number of fused-ring (bicyclic) bond motifs is 1. The lowest BCUT2D eigenvalue weighted by Gasteiger charge is -2.38. The number of rotatable bonds is 6. The lowest BCUT2D eigenvalue weighted by atomic mass is 10.1.